The Morgan fingerprint density at radius 2 is 1.78 bits per heavy atom. The van der Waals surface area contributed by atoms with Gasteiger partial charge in [0.1, 0.15) is 11.3 Å². The van der Waals surface area contributed by atoms with Crippen LogP contribution in [0.25, 0.3) is 22.3 Å². The van der Waals surface area contributed by atoms with Crippen molar-refractivity contribution in [2.75, 3.05) is 0 Å². The van der Waals surface area contributed by atoms with Gasteiger partial charge >= 0.3 is 0 Å². The average Bonchev–Trinajstić information content (AvgIpc) is 3.51. The van der Waals surface area contributed by atoms with Crippen LogP contribution in [0.4, 0.5) is 0 Å². The van der Waals surface area contributed by atoms with Gasteiger partial charge in [-0.1, -0.05) is 42.5 Å². The van der Waals surface area contributed by atoms with Crippen LogP contribution in [0.5, 0.6) is 0 Å². The third kappa shape index (κ3) is 3.77. The number of rotatable bonds is 4. The number of aromatic amines is 1. The molecule has 3 aromatic heterocycles. The van der Waals surface area contributed by atoms with E-state index in [0.29, 0.717) is 11.7 Å². The van der Waals surface area contributed by atoms with Crippen LogP contribution in [0.1, 0.15) is 76.4 Å². The molecule has 3 heterocycles. The van der Waals surface area contributed by atoms with Crippen LogP contribution in [-0.2, 0) is 19.4 Å². The molecule has 0 aliphatic heterocycles. The van der Waals surface area contributed by atoms with Crippen molar-refractivity contribution >= 4 is 22.3 Å². The summed E-state index contributed by atoms with van der Waals surface area (Å²) in [4.78, 5) is 10.0. The summed E-state index contributed by atoms with van der Waals surface area (Å²) < 4.78 is 2.36. The van der Waals surface area contributed by atoms with Gasteiger partial charge in [-0.15, -0.1) is 5.10 Å². The van der Waals surface area contributed by atoms with Gasteiger partial charge in [-0.05, 0) is 102 Å². The molecule has 0 saturated heterocycles. The van der Waals surface area contributed by atoms with E-state index in [1.165, 1.54) is 57.6 Å². The summed E-state index contributed by atoms with van der Waals surface area (Å²) in [6.45, 7) is 7.10. The number of tetrazole rings is 1. The van der Waals surface area contributed by atoms with Crippen molar-refractivity contribution in [3.8, 4) is 0 Å². The van der Waals surface area contributed by atoms with E-state index in [-0.39, 0.29) is 0 Å². The molecule has 0 unspecified atom stereocenters. The number of aryl methyl sites for hydroxylation is 4. The van der Waals surface area contributed by atoms with Gasteiger partial charge in [0.25, 0.3) is 0 Å². The van der Waals surface area contributed by atoms with E-state index >= 15 is 0 Å². The molecule has 7 heteroatoms. The molecule has 5 aromatic rings. The lowest BCUT2D eigenvalue weighted by molar-refractivity contribution is 0.738. The number of hydrogen-bond acceptors (Lipinski definition) is 5. The topological polar surface area (TPSA) is 85.2 Å². The quantitative estimate of drug-likeness (QED) is 0.358. The van der Waals surface area contributed by atoms with E-state index < -0.39 is 0 Å². The van der Waals surface area contributed by atoms with Crippen molar-refractivity contribution in [1.29, 1.82) is 0 Å². The number of benzene rings is 2. The molecular formula is C30H29N7. The number of nitrogens with zero attached hydrogens (tertiary/aromatic N) is 6. The van der Waals surface area contributed by atoms with Crippen LogP contribution >= 0.6 is 0 Å². The highest BCUT2D eigenvalue weighted by atomic mass is 15.5. The molecule has 7 nitrogen and oxygen atoms in total. The second kappa shape index (κ2) is 8.47. The normalized spacial score (nSPS) is 16.4. The van der Waals surface area contributed by atoms with E-state index in [1.54, 1.807) is 0 Å². The molecule has 184 valence electrons. The van der Waals surface area contributed by atoms with Crippen molar-refractivity contribution in [3.05, 3.63) is 99.3 Å². The Labute approximate surface area is 215 Å². The van der Waals surface area contributed by atoms with E-state index in [9.17, 15) is 0 Å². The first-order valence-electron chi connectivity index (χ1n) is 13.1. The zero-order valence-electron chi connectivity index (χ0n) is 21.4. The van der Waals surface area contributed by atoms with E-state index in [1.807, 2.05) is 0 Å². The molecule has 2 aliphatic rings. The van der Waals surface area contributed by atoms with Crippen LogP contribution in [0.2, 0.25) is 0 Å². The molecule has 1 N–H and O–H groups in total. The molecule has 0 bridgehead atoms. The third-order valence-corrected chi connectivity index (χ3v) is 7.80. The summed E-state index contributed by atoms with van der Waals surface area (Å²) in [7, 11) is 0. The van der Waals surface area contributed by atoms with Crippen LogP contribution in [0.15, 0.2) is 48.5 Å². The van der Waals surface area contributed by atoms with Gasteiger partial charge in [0.05, 0.1) is 6.54 Å². The maximum absolute atomic E-state index is 5.08. The molecule has 0 amide bonds. The van der Waals surface area contributed by atoms with Gasteiger partial charge in [-0.3, -0.25) is 0 Å². The summed E-state index contributed by atoms with van der Waals surface area (Å²) in [5.74, 6) is 2.45. The van der Waals surface area contributed by atoms with Crippen LogP contribution in [0, 0.1) is 13.8 Å². The van der Waals surface area contributed by atoms with E-state index in [4.69, 9.17) is 9.97 Å². The monoisotopic (exact) mass is 487 g/mol. The molecule has 0 radical (unpaired) electrons. The number of H-pyrrole nitrogens is 1. The number of hydrogen-bond donors (Lipinski definition) is 1. The minimum absolute atomic E-state index is 0.553. The summed E-state index contributed by atoms with van der Waals surface area (Å²) >= 11 is 0. The number of allylic oxidation sites excluding steroid dienone is 1. The second-order valence-corrected chi connectivity index (χ2v) is 10.5. The molecule has 7 rings (SSSR count). The van der Waals surface area contributed by atoms with Gasteiger partial charge in [0.15, 0.2) is 11.5 Å². The lowest BCUT2D eigenvalue weighted by atomic mass is 9.89. The molecule has 1 saturated carbocycles. The van der Waals surface area contributed by atoms with Crippen molar-refractivity contribution in [3.63, 3.8) is 0 Å². The molecule has 1 fully saturated rings. The predicted molar refractivity (Wildman–Crippen MR) is 144 cm³/mol. The molecule has 0 spiro atoms. The Balaban J connectivity index is 1.36. The number of pyridine rings is 1. The number of nitrogens with one attached hydrogen (secondary N) is 1. The highest BCUT2D eigenvalue weighted by Gasteiger charge is 2.31. The SMILES string of the molecule is CC(=C1c2ccccc2CCc2cc(Cn3c(C4CC4)nc4c(C)cc(C)nc43)ccc21)c1nnn[nH]1. The first-order valence-corrected chi connectivity index (χ1v) is 13.1. The minimum Gasteiger partial charge on any atom is -0.308 e. The van der Waals surface area contributed by atoms with Crippen molar-refractivity contribution in [1.82, 2.24) is 35.2 Å². The molecule has 0 atom stereocenters. The van der Waals surface area contributed by atoms with E-state index in [2.05, 4.69) is 94.5 Å². The average molecular weight is 488 g/mol. The van der Waals surface area contributed by atoms with Crippen molar-refractivity contribution in [2.24, 2.45) is 0 Å². The summed E-state index contributed by atoms with van der Waals surface area (Å²) in [5, 5.41) is 14.8. The molecule has 2 aromatic carbocycles. The summed E-state index contributed by atoms with van der Waals surface area (Å²) in [6, 6.07) is 17.8. The van der Waals surface area contributed by atoms with Crippen molar-refractivity contribution < 1.29 is 0 Å². The Kier molecular flexibility index (Phi) is 5.06. The summed E-state index contributed by atoms with van der Waals surface area (Å²) in [5.41, 5.74) is 13.1. The van der Waals surface area contributed by atoms with Gasteiger partial charge in [0, 0.05) is 17.2 Å². The first-order chi connectivity index (χ1) is 18.1. The fourth-order valence-electron chi connectivity index (χ4n) is 5.84. The van der Waals surface area contributed by atoms with Gasteiger partial charge in [0.2, 0.25) is 0 Å². The van der Waals surface area contributed by atoms with Crippen LogP contribution in [0.3, 0.4) is 0 Å². The standard InChI is InChI=1S/C30H29N7/c1-17-14-18(2)31-30-27(17)32-29(22-10-11-22)37(30)16-20-8-13-25-23(15-20)12-9-21-6-4-5-7-24(21)26(25)19(3)28-33-35-36-34-28/h4-8,13-15,22H,9-12,16H2,1-3H3,(H,33,34,35,36). The highest BCUT2D eigenvalue weighted by Crippen LogP contribution is 2.42. The molecular weight excluding hydrogens is 458 g/mol. The highest BCUT2D eigenvalue weighted by molar-refractivity contribution is 5.98. The fourth-order valence-corrected chi connectivity index (χ4v) is 5.84. The lowest BCUT2D eigenvalue weighted by Gasteiger charge is -2.16. The van der Waals surface area contributed by atoms with Gasteiger partial charge < -0.3 is 4.57 Å². The summed E-state index contributed by atoms with van der Waals surface area (Å²) in [6.07, 6.45) is 4.42. The smallest absolute Gasteiger partial charge is 0.175 e. The molecule has 2 aliphatic carbocycles. The number of aromatic nitrogens is 7. The first kappa shape index (κ1) is 22.1. The second-order valence-electron chi connectivity index (χ2n) is 10.5. The Morgan fingerprint density at radius 1 is 0.973 bits per heavy atom. The third-order valence-electron chi connectivity index (χ3n) is 7.80. The van der Waals surface area contributed by atoms with Gasteiger partial charge in [-0.25, -0.2) is 15.1 Å². The van der Waals surface area contributed by atoms with Crippen LogP contribution in [-0.4, -0.2) is 35.2 Å². The zero-order valence-corrected chi connectivity index (χ0v) is 21.4. The largest absolute Gasteiger partial charge is 0.308 e. The maximum atomic E-state index is 5.08. The number of imidazole rings is 1. The van der Waals surface area contributed by atoms with Crippen LogP contribution < -0.4 is 0 Å². The minimum atomic E-state index is 0.553. The lowest BCUT2D eigenvalue weighted by Crippen LogP contribution is -2.07. The maximum Gasteiger partial charge on any atom is 0.175 e. The predicted octanol–water partition coefficient (Wildman–Crippen LogP) is 5.56. The molecule has 37 heavy (non-hydrogen) atoms. The Bertz CT molecular complexity index is 1690. The zero-order chi connectivity index (χ0) is 25.1. The van der Waals surface area contributed by atoms with Crippen molar-refractivity contribution in [2.45, 2.75) is 58.9 Å². The number of fused-ring (bicyclic) bond motifs is 3. The Hall–Kier alpha value is -4.13. The fraction of sp³-hybridized carbons (Fsp3) is 0.300. The van der Waals surface area contributed by atoms with E-state index in [0.717, 1.165) is 41.8 Å². The van der Waals surface area contributed by atoms with Gasteiger partial charge in [-0.2, -0.15) is 0 Å². The Morgan fingerprint density at radius 3 is 2.59 bits per heavy atom.